The zero-order chi connectivity index (χ0) is 13.3. The molecule has 1 heterocycles. The fourth-order valence-electron chi connectivity index (χ4n) is 2.38. The van der Waals surface area contributed by atoms with E-state index in [0.29, 0.717) is 0 Å². The number of hydrogen-bond donors (Lipinski definition) is 2. The standard InChI is InChI=1S/C13H25N3O2/c1-13(2,3)18-12(17)15-11-8-16(9-4-5-9)7-6-10(11)14/h9-11H,4-8,14H2,1-3H3,(H,15,17)/t10-,11+/m0/s1. The monoisotopic (exact) mass is 255 g/mol. The highest BCUT2D eigenvalue weighted by Crippen LogP contribution is 2.29. The van der Waals surface area contributed by atoms with E-state index in [9.17, 15) is 4.79 Å². The first-order chi connectivity index (χ1) is 8.35. The van der Waals surface area contributed by atoms with E-state index >= 15 is 0 Å². The summed E-state index contributed by atoms with van der Waals surface area (Å²) in [5.41, 5.74) is 5.62. The smallest absolute Gasteiger partial charge is 0.407 e. The molecule has 0 aromatic carbocycles. The first-order valence-electron chi connectivity index (χ1n) is 6.84. The van der Waals surface area contributed by atoms with Crippen molar-refractivity contribution in [3.8, 4) is 0 Å². The first kappa shape index (κ1) is 13.6. The van der Waals surface area contributed by atoms with Gasteiger partial charge in [-0.05, 0) is 40.0 Å². The molecule has 5 nitrogen and oxygen atoms in total. The second kappa shape index (κ2) is 5.05. The van der Waals surface area contributed by atoms with Crippen molar-refractivity contribution in [3.63, 3.8) is 0 Å². The van der Waals surface area contributed by atoms with Crippen LogP contribution in [0.2, 0.25) is 0 Å². The molecule has 0 aromatic heterocycles. The van der Waals surface area contributed by atoms with Crippen molar-refractivity contribution in [2.75, 3.05) is 13.1 Å². The molecular weight excluding hydrogens is 230 g/mol. The van der Waals surface area contributed by atoms with E-state index in [1.54, 1.807) is 0 Å². The number of carbonyl (C=O) groups is 1. The average molecular weight is 255 g/mol. The molecule has 2 fully saturated rings. The van der Waals surface area contributed by atoms with Gasteiger partial charge in [-0.1, -0.05) is 0 Å². The van der Waals surface area contributed by atoms with Crippen LogP contribution in [0, 0.1) is 0 Å². The lowest BCUT2D eigenvalue weighted by molar-refractivity contribution is 0.0456. The van der Waals surface area contributed by atoms with Gasteiger partial charge in [-0.3, -0.25) is 4.90 Å². The summed E-state index contributed by atoms with van der Waals surface area (Å²) in [6, 6.07) is 0.766. The topological polar surface area (TPSA) is 67.6 Å². The Bertz CT molecular complexity index is 310. The quantitative estimate of drug-likeness (QED) is 0.774. The van der Waals surface area contributed by atoms with E-state index in [0.717, 1.165) is 25.6 Å². The van der Waals surface area contributed by atoms with Crippen LogP contribution in [0.1, 0.15) is 40.0 Å². The Morgan fingerprint density at radius 1 is 1.33 bits per heavy atom. The summed E-state index contributed by atoms with van der Waals surface area (Å²) in [6.45, 7) is 7.50. The Kier molecular flexibility index (Phi) is 3.82. The molecule has 1 aliphatic heterocycles. The molecule has 18 heavy (non-hydrogen) atoms. The number of piperidine rings is 1. The van der Waals surface area contributed by atoms with Gasteiger partial charge in [0.2, 0.25) is 0 Å². The maximum absolute atomic E-state index is 11.8. The molecule has 0 spiro atoms. The van der Waals surface area contributed by atoms with E-state index in [1.807, 2.05) is 20.8 Å². The van der Waals surface area contributed by atoms with Crippen molar-refractivity contribution in [3.05, 3.63) is 0 Å². The van der Waals surface area contributed by atoms with E-state index in [1.165, 1.54) is 12.8 Å². The van der Waals surface area contributed by atoms with Crippen LogP contribution in [0.25, 0.3) is 0 Å². The zero-order valence-electron chi connectivity index (χ0n) is 11.6. The Balaban J connectivity index is 1.84. The summed E-state index contributed by atoms with van der Waals surface area (Å²) in [5, 5.41) is 2.91. The van der Waals surface area contributed by atoms with Crippen LogP contribution < -0.4 is 11.1 Å². The molecule has 2 rings (SSSR count). The summed E-state index contributed by atoms with van der Waals surface area (Å²) in [6.07, 6.45) is 3.15. The molecule has 1 amide bonds. The number of hydrogen-bond acceptors (Lipinski definition) is 4. The van der Waals surface area contributed by atoms with Crippen LogP contribution in [-0.4, -0.2) is 47.8 Å². The van der Waals surface area contributed by atoms with Crippen molar-refractivity contribution >= 4 is 6.09 Å². The molecule has 104 valence electrons. The van der Waals surface area contributed by atoms with Crippen LogP contribution >= 0.6 is 0 Å². The van der Waals surface area contributed by atoms with Gasteiger partial charge in [0.1, 0.15) is 5.60 Å². The summed E-state index contributed by atoms with van der Waals surface area (Å²) in [4.78, 5) is 14.2. The third kappa shape index (κ3) is 3.85. The second-order valence-corrected chi connectivity index (χ2v) is 6.43. The SMILES string of the molecule is CC(C)(C)OC(=O)N[C@@H]1CN(C2CC2)CC[C@@H]1N. The molecule has 0 bridgehead atoms. The average Bonchev–Trinajstić information content (AvgIpc) is 3.01. The normalized spacial score (nSPS) is 30.0. The highest BCUT2D eigenvalue weighted by molar-refractivity contribution is 5.68. The number of alkyl carbamates (subject to hydrolysis) is 1. The number of likely N-dealkylation sites (tertiary alicyclic amines) is 1. The number of rotatable bonds is 2. The molecule has 5 heteroatoms. The van der Waals surface area contributed by atoms with E-state index in [-0.39, 0.29) is 18.2 Å². The molecule has 1 saturated heterocycles. The molecule has 3 N–H and O–H groups in total. The number of carbonyl (C=O) groups excluding carboxylic acids is 1. The van der Waals surface area contributed by atoms with Crippen LogP contribution in [-0.2, 0) is 4.74 Å². The number of nitrogens with zero attached hydrogens (tertiary/aromatic N) is 1. The molecule has 0 radical (unpaired) electrons. The minimum absolute atomic E-state index is 0.00852. The van der Waals surface area contributed by atoms with E-state index in [2.05, 4.69) is 10.2 Å². The second-order valence-electron chi connectivity index (χ2n) is 6.43. The van der Waals surface area contributed by atoms with Crippen molar-refractivity contribution in [1.29, 1.82) is 0 Å². The number of nitrogens with one attached hydrogen (secondary N) is 1. The largest absolute Gasteiger partial charge is 0.444 e. The summed E-state index contributed by atoms with van der Waals surface area (Å²) in [7, 11) is 0. The molecule has 1 aliphatic carbocycles. The van der Waals surface area contributed by atoms with Gasteiger partial charge in [-0.2, -0.15) is 0 Å². The Hall–Kier alpha value is -0.810. The fourth-order valence-corrected chi connectivity index (χ4v) is 2.38. The van der Waals surface area contributed by atoms with Gasteiger partial charge in [0.25, 0.3) is 0 Å². The van der Waals surface area contributed by atoms with Crippen molar-refractivity contribution in [2.45, 2.75) is 63.8 Å². The lowest BCUT2D eigenvalue weighted by atomic mass is 10.0. The van der Waals surface area contributed by atoms with Crippen LogP contribution in [0.5, 0.6) is 0 Å². The molecular formula is C13H25N3O2. The predicted octanol–water partition coefficient (Wildman–Crippen LogP) is 1.08. The Morgan fingerprint density at radius 2 is 2.00 bits per heavy atom. The Morgan fingerprint density at radius 3 is 2.56 bits per heavy atom. The first-order valence-corrected chi connectivity index (χ1v) is 6.84. The lowest BCUT2D eigenvalue weighted by Crippen LogP contribution is -2.59. The van der Waals surface area contributed by atoms with Gasteiger partial charge in [0.15, 0.2) is 0 Å². The maximum atomic E-state index is 11.8. The number of amides is 1. The molecule has 2 aliphatic rings. The highest BCUT2D eigenvalue weighted by Gasteiger charge is 2.36. The van der Waals surface area contributed by atoms with Crippen LogP contribution in [0.3, 0.4) is 0 Å². The van der Waals surface area contributed by atoms with Crippen LogP contribution in [0.4, 0.5) is 4.79 Å². The van der Waals surface area contributed by atoms with E-state index < -0.39 is 5.60 Å². The molecule has 0 aromatic rings. The molecule has 2 atom stereocenters. The number of ether oxygens (including phenoxy) is 1. The fraction of sp³-hybridized carbons (Fsp3) is 0.923. The van der Waals surface area contributed by atoms with E-state index in [4.69, 9.17) is 10.5 Å². The van der Waals surface area contributed by atoms with Gasteiger partial charge in [-0.25, -0.2) is 4.79 Å². The predicted molar refractivity (Wildman–Crippen MR) is 70.3 cm³/mol. The highest BCUT2D eigenvalue weighted by atomic mass is 16.6. The molecule has 1 saturated carbocycles. The lowest BCUT2D eigenvalue weighted by Gasteiger charge is -2.37. The van der Waals surface area contributed by atoms with Gasteiger partial charge >= 0.3 is 6.09 Å². The summed E-state index contributed by atoms with van der Waals surface area (Å²) in [5.74, 6) is 0. The minimum atomic E-state index is -0.459. The van der Waals surface area contributed by atoms with Crippen molar-refractivity contribution in [2.24, 2.45) is 5.73 Å². The zero-order valence-corrected chi connectivity index (χ0v) is 11.6. The van der Waals surface area contributed by atoms with Crippen LogP contribution in [0.15, 0.2) is 0 Å². The third-order valence-electron chi connectivity index (χ3n) is 3.46. The van der Waals surface area contributed by atoms with Crippen molar-refractivity contribution < 1.29 is 9.53 Å². The number of nitrogens with two attached hydrogens (primary N) is 1. The summed E-state index contributed by atoms with van der Waals surface area (Å²) >= 11 is 0. The van der Waals surface area contributed by atoms with Gasteiger partial charge in [-0.15, -0.1) is 0 Å². The Labute approximate surface area is 109 Å². The summed E-state index contributed by atoms with van der Waals surface area (Å²) < 4.78 is 5.28. The minimum Gasteiger partial charge on any atom is -0.444 e. The third-order valence-corrected chi connectivity index (χ3v) is 3.46. The van der Waals surface area contributed by atoms with Crippen molar-refractivity contribution in [1.82, 2.24) is 10.2 Å². The maximum Gasteiger partial charge on any atom is 0.407 e. The van der Waals surface area contributed by atoms with Gasteiger partial charge in [0, 0.05) is 25.2 Å². The molecule has 0 unspecified atom stereocenters. The van der Waals surface area contributed by atoms with Gasteiger partial charge in [0.05, 0.1) is 6.04 Å². The van der Waals surface area contributed by atoms with Gasteiger partial charge < -0.3 is 15.8 Å².